The van der Waals surface area contributed by atoms with E-state index in [4.69, 9.17) is 15.5 Å². The third kappa shape index (κ3) is 2.86. The number of para-hydroxylation sites is 1. The number of imidazole rings is 1. The van der Waals surface area contributed by atoms with Gasteiger partial charge in [0.25, 0.3) is 5.91 Å². The summed E-state index contributed by atoms with van der Waals surface area (Å²) in [6.45, 7) is 1.72. The number of amides is 1. The molecule has 1 aliphatic rings. The summed E-state index contributed by atoms with van der Waals surface area (Å²) in [6.07, 6.45) is 0. The van der Waals surface area contributed by atoms with Gasteiger partial charge in [-0.15, -0.1) is 0 Å². The second kappa shape index (κ2) is 7.06. The van der Waals surface area contributed by atoms with E-state index in [0.29, 0.717) is 34.2 Å². The lowest BCUT2D eigenvalue weighted by atomic mass is 9.99. The molecule has 2 aromatic heterocycles. The fourth-order valence-corrected chi connectivity index (χ4v) is 4.56. The number of ether oxygens (including phenoxy) is 1. The highest BCUT2D eigenvalue weighted by Gasteiger charge is 2.28. The zero-order valence-electron chi connectivity index (χ0n) is 17.7. The summed E-state index contributed by atoms with van der Waals surface area (Å²) in [7, 11) is 0. The van der Waals surface area contributed by atoms with Crippen LogP contribution in [0.1, 0.15) is 5.56 Å². The molecular weight excluding hydrogens is 419 g/mol. The molecule has 3 aromatic carbocycles. The predicted octanol–water partition coefficient (Wildman–Crippen LogP) is 5.19. The van der Waals surface area contributed by atoms with Crippen molar-refractivity contribution >= 4 is 33.8 Å². The summed E-state index contributed by atoms with van der Waals surface area (Å²) in [4.78, 5) is 16.3. The Hall–Kier alpha value is -4.39. The second-order valence-electron chi connectivity index (χ2n) is 8.07. The summed E-state index contributed by atoms with van der Waals surface area (Å²) in [5.74, 6) is 0.217. The molecule has 33 heavy (non-hydrogen) atoms. The van der Waals surface area contributed by atoms with Crippen LogP contribution in [0.25, 0.3) is 38.9 Å². The first-order valence-electron chi connectivity index (χ1n) is 10.5. The van der Waals surface area contributed by atoms with Crippen molar-refractivity contribution in [3.05, 3.63) is 78.1 Å². The number of anilines is 2. The quantitative estimate of drug-likeness (QED) is 0.397. The number of primary amides is 1. The first kappa shape index (κ1) is 19.3. The number of carbonyl (C=O) groups is 1. The van der Waals surface area contributed by atoms with Gasteiger partial charge in [0.1, 0.15) is 28.7 Å². The molecular formula is C26H19FN4O2. The van der Waals surface area contributed by atoms with Crippen LogP contribution in [-0.2, 0) is 4.79 Å². The van der Waals surface area contributed by atoms with Crippen molar-refractivity contribution in [2.75, 3.05) is 11.9 Å². The van der Waals surface area contributed by atoms with Gasteiger partial charge in [-0.2, -0.15) is 0 Å². The summed E-state index contributed by atoms with van der Waals surface area (Å²) in [5.41, 5.74) is 10.3. The maximum absolute atomic E-state index is 15.1. The molecule has 6 nitrogen and oxygen atoms in total. The predicted molar refractivity (Wildman–Crippen MR) is 126 cm³/mol. The van der Waals surface area contributed by atoms with E-state index in [-0.39, 0.29) is 12.4 Å². The number of nitrogens with two attached hydrogens (primary N) is 1. The van der Waals surface area contributed by atoms with Gasteiger partial charge in [0.2, 0.25) is 0 Å². The minimum Gasteiger partial charge on any atom is -0.483 e. The van der Waals surface area contributed by atoms with Crippen LogP contribution in [0.4, 0.5) is 15.9 Å². The minimum atomic E-state index is -0.572. The molecule has 3 N–H and O–H groups in total. The monoisotopic (exact) mass is 438 g/mol. The Morgan fingerprint density at radius 2 is 1.94 bits per heavy atom. The van der Waals surface area contributed by atoms with Crippen LogP contribution >= 0.6 is 0 Å². The maximum atomic E-state index is 15.1. The molecule has 0 bridgehead atoms. The third-order valence-corrected chi connectivity index (χ3v) is 6.00. The van der Waals surface area contributed by atoms with Crippen molar-refractivity contribution < 1.29 is 13.9 Å². The highest BCUT2D eigenvalue weighted by Crippen LogP contribution is 2.47. The lowest BCUT2D eigenvalue weighted by Crippen LogP contribution is -2.20. The molecule has 0 atom stereocenters. The molecule has 0 saturated carbocycles. The maximum Gasteiger partial charge on any atom is 0.255 e. The van der Waals surface area contributed by atoms with Crippen molar-refractivity contribution in [3.8, 4) is 28.3 Å². The standard InChI is InChI=1S/C26H19FN4O2/c1-14-5-4-8-17-23(14)30-26-24(29-21-12-10-18(27)25(17)31(21)26)22-16-7-3-2-6-15(16)9-11-19(22)33-13-20(28)32/h2-12,30H,13H2,1H3,(H2,28,32). The SMILES string of the molecule is Cc1cccc2c1Nc1c(-c3c(OCC(N)=O)ccc4ccccc34)nc3ccc(F)c-2n13. The average Bonchev–Trinajstić information content (AvgIpc) is 3.18. The molecule has 162 valence electrons. The van der Waals surface area contributed by atoms with Crippen molar-refractivity contribution in [1.29, 1.82) is 0 Å². The first-order valence-corrected chi connectivity index (χ1v) is 10.5. The number of nitrogens with zero attached hydrogens (tertiary/aromatic N) is 2. The Kier molecular flexibility index (Phi) is 4.13. The number of carbonyl (C=O) groups excluding carboxylic acids is 1. The average molecular weight is 438 g/mol. The van der Waals surface area contributed by atoms with E-state index >= 15 is 4.39 Å². The van der Waals surface area contributed by atoms with Gasteiger partial charge in [-0.1, -0.05) is 48.5 Å². The van der Waals surface area contributed by atoms with Gasteiger partial charge >= 0.3 is 0 Å². The lowest BCUT2D eigenvalue weighted by Gasteiger charge is -2.23. The number of fused-ring (bicyclic) bond motifs is 3. The zero-order chi connectivity index (χ0) is 22.7. The zero-order valence-corrected chi connectivity index (χ0v) is 17.7. The number of nitrogens with one attached hydrogen (secondary N) is 1. The fourth-order valence-electron chi connectivity index (χ4n) is 4.56. The topological polar surface area (TPSA) is 81.6 Å². The number of pyridine rings is 1. The normalized spacial score (nSPS) is 11.9. The number of aryl methyl sites for hydroxylation is 1. The van der Waals surface area contributed by atoms with Crippen LogP contribution in [0.3, 0.4) is 0 Å². The molecule has 6 rings (SSSR count). The molecule has 0 unspecified atom stereocenters. The van der Waals surface area contributed by atoms with E-state index < -0.39 is 5.91 Å². The number of benzene rings is 3. The molecule has 1 aliphatic heterocycles. The first-order chi connectivity index (χ1) is 16.0. The van der Waals surface area contributed by atoms with E-state index in [2.05, 4.69) is 5.32 Å². The van der Waals surface area contributed by atoms with Crippen LogP contribution in [0, 0.1) is 12.7 Å². The second-order valence-corrected chi connectivity index (χ2v) is 8.07. The van der Waals surface area contributed by atoms with Gasteiger partial charge in [-0.25, -0.2) is 9.37 Å². The van der Waals surface area contributed by atoms with Gasteiger partial charge in [0.05, 0.1) is 16.9 Å². The highest BCUT2D eigenvalue weighted by atomic mass is 19.1. The Labute approximate surface area is 188 Å². The molecule has 5 aromatic rings. The Balaban J connectivity index is 1.70. The Morgan fingerprint density at radius 3 is 2.79 bits per heavy atom. The van der Waals surface area contributed by atoms with Crippen LogP contribution in [0.2, 0.25) is 0 Å². The number of hydrogen-bond acceptors (Lipinski definition) is 4. The van der Waals surface area contributed by atoms with Crippen molar-refractivity contribution in [2.45, 2.75) is 6.92 Å². The van der Waals surface area contributed by atoms with Crippen LogP contribution in [0.15, 0.2) is 66.7 Å². The lowest BCUT2D eigenvalue weighted by molar-refractivity contribution is -0.119. The molecule has 1 amide bonds. The van der Waals surface area contributed by atoms with Gasteiger partial charge in [-0.3, -0.25) is 9.20 Å². The van der Waals surface area contributed by atoms with Gasteiger partial charge in [0.15, 0.2) is 6.61 Å². The third-order valence-electron chi connectivity index (χ3n) is 6.00. The van der Waals surface area contributed by atoms with Crippen LogP contribution < -0.4 is 15.8 Å². The van der Waals surface area contributed by atoms with E-state index in [9.17, 15) is 4.79 Å². The Morgan fingerprint density at radius 1 is 1.09 bits per heavy atom. The number of aromatic nitrogens is 2. The largest absolute Gasteiger partial charge is 0.483 e. The van der Waals surface area contributed by atoms with Gasteiger partial charge in [0, 0.05) is 5.56 Å². The smallest absolute Gasteiger partial charge is 0.255 e. The fraction of sp³-hybridized carbons (Fsp3) is 0.0769. The van der Waals surface area contributed by atoms with E-state index in [0.717, 1.165) is 27.6 Å². The van der Waals surface area contributed by atoms with Gasteiger partial charge in [-0.05, 0) is 41.5 Å². The molecule has 3 heterocycles. The summed E-state index contributed by atoms with van der Waals surface area (Å²) < 4.78 is 22.7. The highest BCUT2D eigenvalue weighted by molar-refractivity contribution is 6.03. The minimum absolute atomic E-state index is 0.261. The van der Waals surface area contributed by atoms with E-state index in [1.807, 2.05) is 55.5 Å². The summed E-state index contributed by atoms with van der Waals surface area (Å²) in [6, 6.07) is 20.5. The number of rotatable bonds is 4. The van der Waals surface area contributed by atoms with Crippen molar-refractivity contribution in [2.24, 2.45) is 5.73 Å². The number of halogens is 1. The van der Waals surface area contributed by atoms with Crippen molar-refractivity contribution in [3.63, 3.8) is 0 Å². The molecule has 0 spiro atoms. The molecule has 0 fully saturated rings. The number of hydrogen-bond donors (Lipinski definition) is 2. The molecule has 0 saturated heterocycles. The summed E-state index contributed by atoms with van der Waals surface area (Å²) in [5, 5.41) is 5.38. The van der Waals surface area contributed by atoms with E-state index in [1.165, 1.54) is 6.07 Å². The van der Waals surface area contributed by atoms with Crippen LogP contribution in [-0.4, -0.2) is 21.9 Å². The van der Waals surface area contributed by atoms with E-state index in [1.54, 1.807) is 16.5 Å². The molecule has 0 aliphatic carbocycles. The molecule has 0 radical (unpaired) electrons. The Bertz CT molecular complexity index is 1610. The van der Waals surface area contributed by atoms with Gasteiger partial charge < -0.3 is 15.8 Å². The van der Waals surface area contributed by atoms with Crippen LogP contribution in [0.5, 0.6) is 5.75 Å². The summed E-state index contributed by atoms with van der Waals surface area (Å²) >= 11 is 0. The van der Waals surface area contributed by atoms with Crippen molar-refractivity contribution in [1.82, 2.24) is 9.38 Å². The molecule has 7 heteroatoms.